The molecule has 0 radical (unpaired) electrons. The molecule has 1 aliphatic rings. The van der Waals surface area contributed by atoms with Crippen LogP contribution in [0, 0.1) is 11.3 Å². The van der Waals surface area contributed by atoms with E-state index >= 15 is 0 Å². The van der Waals surface area contributed by atoms with Gasteiger partial charge in [0, 0.05) is 11.4 Å². The number of allylic oxidation sites excluding steroid dienone is 1. The SMILES string of the molecule is N#CC1=C(Nc2ccc(Oc3ccccc3)cc2)SCC(CO)=C1N. The molecule has 0 aromatic heterocycles. The summed E-state index contributed by atoms with van der Waals surface area (Å²) in [4.78, 5) is 0. The summed E-state index contributed by atoms with van der Waals surface area (Å²) >= 11 is 1.45. The third-order valence-corrected chi connectivity index (χ3v) is 4.75. The van der Waals surface area contributed by atoms with Gasteiger partial charge in [0.1, 0.15) is 23.1 Å². The Morgan fingerprint density at radius 3 is 2.44 bits per heavy atom. The van der Waals surface area contributed by atoms with E-state index in [1.807, 2.05) is 54.6 Å². The molecule has 0 saturated carbocycles. The molecule has 0 bridgehead atoms. The van der Waals surface area contributed by atoms with Gasteiger partial charge >= 0.3 is 0 Å². The molecule has 126 valence electrons. The Hall–Kier alpha value is -2.88. The van der Waals surface area contributed by atoms with Crippen molar-refractivity contribution in [1.82, 2.24) is 0 Å². The summed E-state index contributed by atoms with van der Waals surface area (Å²) in [5.74, 6) is 2.06. The normalized spacial score (nSPS) is 14.2. The van der Waals surface area contributed by atoms with Gasteiger partial charge in [0.2, 0.25) is 0 Å². The molecule has 2 aromatic carbocycles. The third-order valence-electron chi connectivity index (χ3n) is 3.66. The van der Waals surface area contributed by atoms with Gasteiger partial charge in [0.05, 0.1) is 17.3 Å². The van der Waals surface area contributed by atoms with Gasteiger partial charge in [-0.05, 0) is 42.0 Å². The van der Waals surface area contributed by atoms with Gasteiger partial charge in [-0.2, -0.15) is 5.26 Å². The lowest BCUT2D eigenvalue weighted by Crippen LogP contribution is -2.17. The molecule has 6 heteroatoms. The molecule has 25 heavy (non-hydrogen) atoms. The van der Waals surface area contributed by atoms with E-state index in [4.69, 9.17) is 10.5 Å². The van der Waals surface area contributed by atoms with Crippen LogP contribution in [0.2, 0.25) is 0 Å². The molecule has 0 amide bonds. The van der Waals surface area contributed by atoms with Crippen LogP contribution in [0.25, 0.3) is 0 Å². The summed E-state index contributed by atoms with van der Waals surface area (Å²) in [6.45, 7) is -0.136. The first-order valence-corrected chi connectivity index (χ1v) is 8.65. The first-order valence-electron chi connectivity index (χ1n) is 7.67. The summed E-state index contributed by atoms with van der Waals surface area (Å²) in [7, 11) is 0. The number of aliphatic hydroxyl groups is 1. The first-order chi connectivity index (χ1) is 12.2. The lowest BCUT2D eigenvalue weighted by atomic mass is 10.1. The zero-order valence-electron chi connectivity index (χ0n) is 13.4. The van der Waals surface area contributed by atoms with Crippen molar-refractivity contribution in [3.8, 4) is 17.6 Å². The van der Waals surface area contributed by atoms with Crippen LogP contribution in [0.1, 0.15) is 0 Å². The lowest BCUT2D eigenvalue weighted by Gasteiger charge is -2.20. The van der Waals surface area contributed by atoms with Crippen LogP contribution < -0.4 is 15.8 Å². The second kappa shape index (κ2) is 7.79. The minimum absolute atomic E-state index is 0.136. The van der Waals surface area contributed by atoms with Crippen molar-refractivity contribution in [1.29, 1.82) is 5.26 Å². The number of nitrogens with two attached hydrogens (primary N) is 1. The number of nitriles is 1. The van der Waals surface area contributed by atoms with Gasteiger partial charge in [-0.3, -0.25) is 0 Å². The number of benzene rings is 2. The smallest absolute Gasteiger partial charge is 0.127 e. The van der Waals surface area contributed by atoms with Crippen LogP contribution in [0.5, 0.6) is 11.5 Å². The van der Waals surface area contributed by atoms with Gasteiger partial charge in [-0.1, -0.05) is 18.2 Å². The molecule has 3 rings (SSSR count). The molecule has 0 fully saturated rings. The number of nitrogens with zero attached hydrogens (tertiary/aromatic N) is 1. The minimum Gasteiger partial charge on any atom is -0.457 e. The number of aliphatic hydroxyl groups excluding tert-OH is 1. The van der Waals surface area contributed by atoms with E-state index in [2.05, 4.69) is 11.4 Å². The van der Waals surface area contributed by atoms with Crippen molar-refractivity contribution in [2.75, 3.05) is 17.7 Å². The molecule has 1 aliphatic heterocycles. The van der Waals surface area contributed by atoms with Crippen LogP contribution in [0.3, 0.4) is 0 Å². The number of thioether (sulfide) groups is 1. The fraction of sp³-hybridized carbons (Fsp3) is 0.105. The Balaban J connectivity index is 1.75. The largest absolute Gasteiger partial charge is 0.457 e. The van der Waals surface area contributed by atoms with Crippen molar-refractivity contribution in [3.05, 3.63) is 76.5 Å². The van der Waals surface area contributed by atoms with E-state index in [1.165, 1.54) is 11.8 Å². The summed E-state index contributed by atoms with van der Waals surface area (Å²) in [5, 5.41) is 22.5. The highest BCUT2D eigenvalue weighted by atomic mass is 32.2. The number of anilines is 1. The van der Waals surface area contributed by atoms with Crippen LogP contribution in [0.4, 0.5) is 5.69 Å². The lowest BCUT2D eigenvalue weighted by molar-refractivity contribution is 0.331. The fourth-order valence-corrected chi connectivity index (χ4v) is 3.37. The fourth-order valence-electron chi connectivity index (χ4n) is 2.31. The molecule has 2 aromatic rings. The molecule has 0 unspecified atom stereocenters. The summed E-state index contributed by atoms with van der Waals surface area (Å²) in [6.07, 6.45) is 0. The minimum atomic E-state index is -0.136. The first kappa shape index (κ1) is 17.0. The van der Waals surface area contributed by atoms with E-state index in [0.717, 1.165) is 17.2 Å². The maximum atomic E-state index is 9.35. The van der Waals surface area contributed by atoms with Crippen LogP contribution in [0.15, 0.2) is 76.5 Å². The Bertz CT molecular complexity index is 852. The number of ether oxygens (including phenoxy) is 1. The molecule has 5 nitrogen and oxygen atoms in total. The van der Waals surface area contributed by atoms with Crippen molar-refractivity contribution in [2.24, 2.45) is 5.73 Å². The number of hydrogen-bond acceptors (Lipinski definition) is 6. The quantitative estimate of drug-likeness (QED) is 0.763. The van der Waals surface area contributed by atoms with Gasteiger partial charge < -0.3 is 20.9 Å². The van der Waals surface area contributed by atoms with Gasteiger partial charge in [-0.15, -0.1) is 11.8 Å². The second-order valence-corrected chi connectivity index (χ2v) is 6.33. The molecular formula is C19H17N3O2S. The molecule has 0 atom stereocenters. The highest BCUT2D eigenvalue weighted by Crippen LogP contribution is 2.33. The monoisotopic (exact) mass is 351 g/mol. The molecule has 4 N–H and O–H groups in total. The molecule has 0 spiro atoms. The standard InChI is InChI=1S/C19H17N3O2S/c20-10-17-18(21)13(11-23)12-25-19(17)22-14-6-8-16(9-7-14)24-15-4-2-1-3-5-15/h1-9,22-23H,11-12,21H2. The number of hydrogen-bond donors (Lipinski definition) is 3. The number of nitrogens with one attached hydrogen (secondary N) is 1. The van der Waals surface area contributed by atoms with Gasteiger partial charge in [-0.25, -0.2) is 0 Å². The molecule has 1 heterocycles. The van der Waals surface area contributed by atoms with Crippen molar-refractivity contribution < 1.29 is 9.84 Å². The predicted octanol–water partition coefficient (Wildman–Crippen LogP) is 3.58. The van der Waals surface area contributed by atoms with Gasteiger partial charge in [0.25, 0.3) is 0 Å². The molecular weight excluding hydrogens is 334 g/mol. The van der Waals surface area contributed by atoms with E-state index < -0.39 is 0 Å². The average Bonchev–Trinajstić information content (AvgIpc) is 2.65. The summed E-state index contributed by atoms with van der Waals surface area (Å²) in [6, 6.07) is 19.1. The number of para-hydroxylation sites is 1. The van der Waals surface area contributed by atoms with Crippen molar-refractivity contribution >= 4 is 17.4 Å². The Morgan fingerprint density at radius 1 is 1.12 bits per heavy atom. The van der Waals surface area contributed by atoms with Crippen LogP contribution in [-0.2, 0) is 0 Å². The highest BCUT2D eigenvalue weighted by Gasteiger charge is 2.20. The molecule has 0 aliphatic carbocycles. The molecule has 0 saturated heterocycles. The highest BCUT2D eigenvalue weighted by molar-refractivity contribution is 8.03. The summed E-state index contributed by atoms with van der Waals surface area (Å²) in [5.41, 5.74) is 8.20. The van der Waals surface area contributed by atoms with E-state index in [0.29, 0.717) is 27.6 Å². The maximum Gasteiger partial charge on any atom is 0.127 e. The maximum absolute atomic E-state index is 9.35. The topological polar surface area (TPSA) is 91.3 Å². The summed E-state index contributed by atoms with van der Waals surface area (Å²) < 4.78 is 5.76. The Kier molecular flexibility index (Phi) is 5.29. The van der Waals surface area contributed by atoms with E-state index in [1.54, 1.807) is 0 Å². The Labute approximate surface area is 150 Å². The van der Waals surface area contributed by atoms with E-state index in [9.17, 15) is 10.4 Å². The average molecular weight is 351 g/mol. The van der Waals surface area contributed by atoms with Crippen LogP contribution in [-0.4, -0.2) is 17.5 Å². The van der Waals surface area contributed by atoms with E-state index in [-0.39, 0.29) is 6.61 Å². The van der Waals surface area contributed by atoms with Gasteiger partial charge in [0.15, 0.2) is 0 Å². The number of rotatable bonds is 5. The predicted molar refractivity (Wildman–Crippen MR) is 100.0 cm³/mol. The van der Waals surface area contributed by atoms with Crippen LogP contribution >= 0.6 is 11.8 Å². The van der Waals surface area contributed by atoms with Crippen molar-refractivity contribution in [2.45, 2.75) is 0 Å². The zero-order chi connectivity index (χ0) is 17.6. The third kappa shape index (κ3) is 3.97. The van der Waals surface area contributed by atoms with Crippen molar-refractivity contribution in [3.63, 3.8) is 0 Å². The Morgan fingerprint density at radius 2 is 1.80 bits per heavy atom. The zero-order valence-corrected chi connectivity index (χ0v) is 14.2. The second-order valence-electron chi connectivity index (χ2n) is 5.34.